The van der Waals surface area contributed by atoms with Crippen LogP contribution in [0.25, 0.3) is 0 Å². The van der Waals surface area contributed by atoms with Crippen molar-refractivity contribution in [1.82, 2.24) is 9.88 Å². The van der Waals surface area contributed by atoms with E-state index < -0.39 is 23.0 Å². The summed E-state index contributed by atoms with van der Waals surface area (Å²) in [5, 5.41) is 5.93. The molecule has 186 valence electrons. The van der Waals surface area contributed by atoms with Crippen LogP contribution in [0.1, 0.15) is 40.1 Å². The van der Waals surface area contributed by atoms with Gasteiger partial charge >= 0.3 is 5.97 Å². The molecule has 0 atom stereocenters. The van der Waals surface area contributed by atoms with Gasteiger partial charge in [-0.25, -0.2) is 4.79 Å². The monoisotopic (exact) mass is 487 g/mol. The zero-order valence-electron chi connectivity index (χ0n) is 20.6. The lowest BCUT2D eigenvalue weighted by Crippen LogP contribution is -2.44. The first kappa shape index (κ1) is 23.6. The smallest absolute Gasteiger partial charge is 0.341 e. The Morgan fingerprint density at radius 2 is 1.69 bits per heavy atom. The van der Waals surface area contributed by atoms with Gasteiger partial charge in [-0.05, 0) is 57.3 Å². The first-order valence-corrected chi connectivity index (χ1v) is 11.9. The van der Waals surface area contributed by atoms with Gasteiger partial charge in [0.2, 0.25) is 0 Å². The maximum absolute atomic E-state index is 13.2. The van der Waals surface area contributed by atoms with E-state index in [0.717, 1.165) is 37.4 Å². The Kier molecular flexibility index (Phi) is 6.01. The summed E-state index contributed by atoms with van der Waals surface area (Å²) in [6, 6.07) is 14.6. The van der Waals surface area contributed by atoms with Gasteiger partial charge in [-0.15, -0.1) is 0 Å². The van der Waals surface area contributed by atoms with Gasteiger partial charge in [0, 0.05) is 49.3 Å². The number of benzene rings is 2. The van der Waals surface area contributed by atoms with Crippen molar-refractivity contribution in [3.63, 3.8) is 0 Å². The number of ether oxygens (including phenoxy) is 1. The number of nitrogens with one attached hydrogen (secondary N) is 3. The van der Waals surface area contributed by atoms with Crippen molar-refractivity contribution in [2.45, 2.75) is 19.4 Å². The van der Waals surface area contributed by atoms with Crippen LogP contribution in [0.4, 0.5) is 22.7 Å². The Morgan fingerprint density at radius 1 is 0.972 bits per heavy atom. The number of H-pyrrole nitrogens is 1. The van der Waals surface area contributed by atoms with Crippen molar-refractivity contribution in [3.8, 4) is 0 Å². The molecule has 0 spiro atoms. The molecule has 0 saturated carbocycles. The number of pyridine rings is 1. The molecule has 5 rings (SSSR count). The van der Waals surface area contributed by atoms with Crippen LogP contribution in [0.3, 0.4) is 0 Å². The third-order valence-electron chi connectivity index (χ3n) is 6.72. The molecule has 1 amide bonds. The number of carbonyl (C=O) groups excluding carboxylic acids is 2. The number of likely N-dealkylation sites (N-methyl/N-ethyl adjacent to an activating group) is 1. The van der Waals surface area contributed by atoms with Crippen LogP contribution in [0.2, 0.25) is 0 Å². The van der Waals surface area contributed by atoms with Gasteiger partial charge in [0.1, 0.15) is 11.2 Å². The van der Waals surface area contributed by atoms with E-state index in [-0.39, 0.29) is 11.3 Å². The number of cyclic esters (lactones) is 1. The molecular weight excluding hydrogens is 458 g/mol. The second-order valence-corrected chi connectivity index (χ2v) is 9.64. The molecule has 36 heavy (non-hydrogen) atoms. The molecule has 3 heterocycles. The molecule has 1 fully saturated rings. The average molecular weight is 488 g/mol. The first-order valence-electron chi connectivity index (χ1n) is 11.9. The summed E-state index contributed by atoms with van der Waals surface area (Å²) in [5.41, 5.74) is 2.20. The van der Waals surface area contributed by atoms with E-state index in [2.05, 4.69) is 32.5 Å². The first-order chi connectivity index (χ1) is 17.2. The van der Waals surface area contributed by atoms with Gasteiger partial charge in [-0.1, -0.05) is 12.1 Å². The predicted octanol–water partition coefficient (Wildman–Crippen LogP) is 3.53. The Morgan fingerprint density at radius 3 is 2.42 bits per heavy atom. The molecule has 0 aliphatic carbocycles. The van der Waals surface area contributed by atoms with Gasteiger partial charge in [0.25, 0.3) is 11.5 Å². The molecule has 0 radical (unpaired) electrons. The molecule has 0 unspecified atom stereocenters. The number of piperazine rings is 1. The van der Waals surface area contributed by atoms with Crippen molar-refractivity contribution in [2.75, 3.05) is 48.8 Å². The molecule has 1 saturated heterocycles. The Hall–Kier alpha value is -4.11. The number of nitrogens with zero attached hydrogens (tertiary/aromatic N) is 2. The molecule has 0 bridgehead atoms. The number of hydrogen-bond donors (Lipinski definition) is 3. The van der Waals surface area contributed by atoms with Crippen LogP contribution in [-0.4, -0.2) is 55.0 Å². The summed E-state index contributed by atoms with van der Waals surface area (Å²) >= 11 is 0. The fraction of sp³-hybridized carbons (Fsp3) is 0.296. The maximum atomic E-state index is 13.2. The van der Waals surface area contributed by atoms with E-state index in [4.69, 9.17) is 4.74 Å². The molecular formula is C27H29N5O4. The number of aromatic amines is 1. The second-order valence-electron chi connectivity index (χ2n) is 9.64. The van der Waals surface area contributed by atoms with E-state index in [9.17, 15) is 14.4 Å². The zero-order valence-corrected chi connectivity index (χ0v) is 20.6. The highest BCUT2D eigenvalue weighted by Gasteiger charge is 2.39. The summed E-state index contributed by atoms with van der Waals surface area (Å²) in [6.45, 7) is 7.55. The van der Waals surface area contributed by atoms with Crippen LogP contribution in [0.15, 0.2) is 59.5 Å². The molecule has 9 nitrogen and oxygen atoms in total. The van der Waals surface area contributed by atoms with Gasteiger partial charge in [0.05, 0.1) is 16.9 Å². The van der Waals surface area contributed by atoms with E-state index >= 15 is 0 Å². The second kappa shape index (κ2) is 9.16. The number of aromatic nitrogens is 1. The molecule has 3 aromatic rings. The number of carbonyl (C=O) groups is 2. The van der Waals surface area contributed by atoms with Crippen molar-refractivity contribution in [2.24, 2.45) is 0 Å². The predicted molar refractivity (Wildman–Crippen MR) is 139 cm³/mol. The van der Waals surface area contributed by atoms with E-state index in [0.29, 0.717) is 16.9 Å². The van der Waals surface area contributed by atoms with Crippen LogP contribution in [0, 0.1) is 0 Å². The minimum atomic E-state index is -0.755. The van der Waals surface area contributed by atoms with Crippen LogP contribution >= 0.6 is 0 Å². The van der Waals surface area contributed by atoms with Crippen molar-refractivity contribution in [1.29, 1.82) is 0 Å². The number of hydrogen-bond acceptors (Lipinski definition) is 7. The highest BCUT2D eigenvalue weighted by atomic mass is 16.6. The van der Waals surface area contributed by atoms with E-state index in [1.807, 2.05) is 44.2 Å². The highest BCUT2D eigenvalue weighted by molar-refractivity contribution is 6.09. The van der Waals surface area contributed by atoms with Crippen molar-refractivity contribution >= 4 is 34.6 Å². The number of anilines is 4. The normalized spacial score (nSPS) is 16.9. The molecule has 2 aliphatic heterocycles. The topological polar surface area (TPSA) is 107 Å². The SMILES string of the molecule is CN1CCN(c2ccc(NC(=O)c3c(Nc4cccc5c4C(=O)OC5(C)C)cc[nH]c3=O)cc2)CC1. The molecule has 1 aromatic heterocycles. The summed E-state index contributed by atoms with van der Waals surface area (Å²) in [4.78, 5) is 45.6. The summed E-state index contributed by atoms with van der Waals surface area (Å²) in [7, 11) is 2.11. The minimum Gasteiger partial charge on any atom is -0.451 e. The molecule has 2 aromatic carbocycles. The standard InChI is InChI=1S/C27H29N5O4/c1-27(2)19-5-4-6-20(22(19)26(35)36-27)30-21-11-12-28-24(33)23(21)25(34)29-17-7-9-18(10-8-17)32-15-13-31(3)14-16-32/h4-12H,13-16H2,1-3H3,(H,29,34)(H2,28,30,33). The lowest BCUT2D eigenvalue weighted by molar-refractivity contribution is 0.00957. The molecule has 3 N–H and O–H groups in total. The fourth-order valence-electron chi connectivity index (χ4n) is 4.68. The lowest BCUT2D eigenvalue weighted by Gasteiger charge is -2.34. The van der Waals surface area contributed by atoms with Crippen LogP contribution in [0.5, 0.6) is 0 Å². The average Bonchev–Trinajstić information content (AvgIpc) is 3.09. The molecule has 2 aliphatic rings. The van der Waals surface area contributed by atoms with Crippen LogP contribution < -0.4 is 21.1 Å². The summed E-state index contributed by atoms with van der Waals surface area (Å²) in [5.74, 6) is -1.00. The van der Waals surface area contributed by atoms with Gasteiger partial charge in [-0.3, -0.25) is 9.59 Å². The van der Waals surface area contributed by atoms with Gasteiger partial charge < -0.3 is 30.2 Å². The lowest BCUT2D eigenvalue weighted by atomic mass is 9.95. The van der Waals surface area contributed by atoms with Gasteiger partial charge in [-0.2, -0.15) is 0 Å². The van der Waals surface area contributed by atoms with Crippen molar-refractivity contribution in [3.05, 3.63) is 81.8 Å². The van der Waals surface area contributed by atoms with E-state index in [1.165, 1.54) is 6.20 Å². The fourth-order valence-corrected chi connectivity index (χ4v) is 4.68. The number of rotatable bonds is 5. The number of fused-ring (bicyclic) bond motifs is 1. The number of esters is 1. The molecule has 9 heteroatoms. The third-order valence-corrected chi connectivity index (χ3v) is 6.72. The van der Waals surface area contributed by atoms with Crippen molar-refractivity contribution < 1.29 is 14.3 Å². The summed E-state index contributed by atoms with van der Waals surface area (Å²) < 4.78 is 5.50. The van der Waals surface area contributed by atoms with Crippen LogP contribution in [-0.2, 0) is 10.3 Å². The summed E-state index contributed by atoms with van der Waals surface area (Å²) in [6.07, 6.45) is 1.46. The highest BCUT2D eigenvalue weighted by Crippen LogP contribution is 2.40. The number of amides is 1. The maximum Gasteiger partial charge on any atom is 0.341 e. The Balaban J connectivity index is 1.38. The third kappa shape index (κ3) is 4.45. The Bertz CT molecular complexity index is 1370. The Labute approximate surface area is 209 Å². The van der Waals surface area contributed by atoms with E-state index in [1.54, 1.807) is 18.2 Å². The quantitative estimate of drug-likeness (QED) is 0.473. The van der Waals surface area contributed by atoms with Gasteiger partial charge in [0.15, 0.2) is 0 Å². The zero-order chi connectivity index (χ0) is 25.4. The largest absolute Gasteiger partial charge is 0.451 e. The minimum absolute atomic E-state index is 0.0797.